The number of hydrogen-bond acceptors (Lipinski definition) is 5. The summed E-state index contributed by atoms with van der Waals surface area (Å²) in [4.78, 5) is 38.4. The number of aliphatic hydroxyl groups is 1. The fourth-order valence-corrected chi connectivity index (χ4v) is 4.68. The van der Waals surface area contributed by atoms with E-state index in [1.165, 1.54) is 31.6 Å². The first-order valence-corrected chi connectivity index (χ1v) is 12.6. The van der Waals surface area contributed by atoms with E-state index >= 15 is 4.39 Å². The van der Waals surface area contributed by atoms with Crippen molar-refractivity contribution >= 4 is 22.4 Å². The fraction of sp³-hybridized carbons (Fsp3) is 0.310. The molecule has 0 saturated heterocycles. The van der Waals surface area contributed by atoms with Crippen LogP contribution in [0.5, 0.6) is 0 Å². The van der Waals surface area contributed by atoms with Crippen molar-refractivity contribution in [2.24, 2.45) is 13.0 Å². The summed E-state index contributed by atoms with van der Waals surface area (Å²) in [6, 6.07) is 6.34. The van der Waals surface area contributed by atoms with E-state index < -0.39 is 47.4 Å². The van der Waals surface area contributed by atoms with Gasteiger partial charge >= 0.3 is 0 Å². The van der Waals surface area contributed by atoms with Gasteiger partial charge in [-0.25, -0.2) is 13.2 Å². The van der Waals surface area contributed by atoms with E-state index in [1.54, 1.807) is 6.07 Å². The molecule has 1 aliphatic carbocycles. The molecule has 1 saturated carbocycles. The molecule has 2 aromatic carbocycles. The molecule has 0 bridgehead atoms. The van der Waals surface area contributed by atoms with Gasteiger partial charge in [-0.05, 0) is 47.2 Å². The van der Waals surface area contributed by atoms with Gasteiger partial charge < -0.3 is 15.0 Å². The number of carbonyl (C=O) groups excluding carboxylic acids is 1. The molecule has 40 heavy (non-hydrogen) atoms. The lowest BCUT2D eigenvalue weighted by Crippen LogP contribution is -2.26. The van der Waals surface area contributed by atoms with Crippen LogP contribution in [-0.4, -0.2) is 31.5 Å². The molecule has 0 aliphatic heterocycles. The van der Waals surface area contributed by atoms with Gasteiger partial charge in [0.05, 0.1) is 29.8 Å². The van der Waals surface area contributed by atoms with Crippen LogP contribution < -0.4 is 16.4 Å². The van der Waals surface area contributed by atoms with Gasteiger partial charge in [-0.3, -0.25) is 14.4 Å². The van der Waals surface area contributed by atoms with Gasteiger partial charge in [0.1, 0.15) is 23.5 Å². The van der Waals surface area contributed by atoms with Crippen LogP contribution in [0.2, 0.25) is 0 Å². The summed E-state index contributed by atoms with van der Waals surface area (Å²) < 4.78 is 45.5. The highest BCUT2D eigenvalue weighted by Crippen LogP contribution is 2.35. The van der Waals surface area contributed by atoms with E-state index in [4.69, 9.17) is 0 Å². The molecule has 4 aromatic rings. The molecule has 1 aliphatic rings. The van der Waals surface area contributed by atoms with E-state index in [9.17, 15) is 28.3 Å². The van der Waals surface area contributed by atoms with Crippen molar-refractivity contribution in [3.8, 4) is 16.8 Å². The second-order valence-electron chi connectivity index (χ2n) is 11.0. The average Bonchev–Trinajstić information content (AvgIpc) is 3.62. The molecular weight excluding hydrogens is 525 g/mol. The minimum atomic E-state index is -1.27. The van der Waals surface area contributed by atoms with Gasteiger partial charge in [0, 0.05) is 35.8 Å². The SMILES string of the molecule is Cn1cc(-c2cc(F)cc(-n3ncc4cc(C(C)(C)C)cc(F)c4c3=O)c2CO)cc(NC(=O)[C@H]2C[C@H]2F)c1=O. The number of benzene rings is 2. The third-order valence-corrected chi connectivity index (χ3v) is 7.08. The second kappa shape index (κ2) is 9.74. The number of halogens is 3. The minimum absolute atomic E-state index is 0.0688. The zero-order valence-corrected chi connectivity index (χ0v) is 22.3. The number of aliphatic hydroxyl groups excluding tert-OH is 1. The number of fused-ring (bicyclic) bond motifs is 1. The number of aromatic nitrogens is 3. The van der Waals surface area contributed by atoms with Gasteiger partial charge in [-0.15, -0.1) is 0 Å². The van der Waals surface area contributed by atoms with E-state index in [0.717, 1.165) is 21.4 Å². The Hall–Kier alpha value is -4.25. The van der Waals surface area contributed by atoms with Crippen LogP contribution in [-0.2, 0) is 23.9 Å². The van der Waals surface area contributed by atoms with E-state index in [1.807, 2.05) is 20.8 Å². The van der Waals surface area contributed by atoms with E-state index in [2.05, 4.69) is 10.4 Å². The van der Waals surface area contributed by atoms with Crippen molar-refractivity contribution in [2.45, 2.75) is 45.4 Å². The molecule has 208 valence electrons. The molecule has 0 spiro atoms. The highest BCUT2D eigenvalue weighted by Gasteiger charge is 2.43. The van der Waals surface area contributed by atoms with Crippen molar-refractivity contribution in [1.82, 2.24) is 14.3 Å². The molecule has 2 atom stereocenters. The van der Waals surface area contributed by atoms with Gasteiger partial charge in [-0.1, -0.05) is 20.8 Å². The molecule has 2 aromatic heterocycles. The normalized spacial score (nSPS) is 16.8. The van der Waals surface area contributed by atoms with Crippen LogP contribution in [0.3, 0.4) is 0 Å². The Morgan fingerprint density at radius 2 is 1.82 bits per heavy atom. The summed E-state index contributed by atoms with van der Waals surface area (Å²) in [5, 5.41) is 16.9. The lowest BCUT2D eigenvalue weighted by Gasteiger charge is -2.20. The molecular formula is C29H27F3N4O4. The quantitative estimate of drug-likeness (QED) is 0.388. The Kier molecular flexibility index (Phi) is 6.65. The molecule has 1 fully saturated rings. The zero-order chi connectivity index (χ0) is 29.1. The third-order valence-electron chi connectivity index (χ3n) is 7.08. The molecule has 2 N–H and O–H groups in total. The highest BCUT2D eigenvalue weighted by atomic mass is 19.1. The Morgan fingerprint density at radius 1 is 1.12 bits per heavy atom. The number of rotatable bonds is 5. The Morgan fingerprint density at radius 3 is 2.45 bits per heavy atom. The number of alkyl halides is 1. The van der Waals surface area contributed by atoms with Crippen molar-refractivity contribution in [3.63, 3.8) is 0 Å². The maximum absolute atomic E-state index is 15.2. The molecule has 8 nitrogen and oxygen atoms in total. The minimum Gasteiger partial charge on any atom is -0.392 e. The predicted octanol–water partition coefficient (Wildman–Crippen LogP) is 4.12. The van der Waals surface area contributed by atoms with E-state index in [0.29, 0.717) is 5.56 Å². The Bertz CT molecular complexity index is 1810. The topological polar surface area (TPSA) is 106 Å². The summed E-state index contributed by atoms with van der Waals surface area (Å²) in [5.41, 5.74) is -1.01. The maximum atomic E-state index is 15.2. The van der Waals surface area contributed by atoms with Crippen LogP contribution in [0, 0.1) is 17.6 Å². The van der Waals surface area contributed by atoms with Gasteiger partial charge in [0.25, 0.3) is 11.1 Å². The number of pyridine rings is 1. The average molecular weight is 553 g/mol. The lowest BCUT2D eigenvalue weighted by molar-refractivity contribution is -0.117. The lowest BCUT2D eigenvalue weighted by atomic mass is 9.86. The van der Waals surface area contributed by atoms with Crippen LogP contribution in [0.15, 0.2) is 52.3 Å². The number of nitrogens with one attached hydrogen (secondary N) is 1. The molecule has 5 rings (SSSR count). The third kappa shape index (κ3) is 4.81. The highest BCUT2D eigenvalue weighted by molar-refractivity contribution is 5.95. The monoisotopic (exact) mass is 552 g/mol. The number of amides is 1. The molecule has 0 radical (unpaired) electrons. The first-order valence-electron chi connectivity index (χ1n) is 12.6. The maximum Gasteiger partial charge on any atom is 0.282 e. The number of aryl methyl sites for hydroxylation is 1. The first-order chi connectivity index (χ1) is 18.8. The Labute approximate surface area is 226 Å². The van der Waals surface area contributed by atoms with Gasteiger partial charge in [0.2, 0.25) is 5.91 Å². The second-order valence-corrected chi connectivity index (χ2v) is 11.0. The molecule has 2 heterocycles. The molecule has 1 amide bonds. The zero-order valence-electron chi connectivity index (χ0n) is 22.3. The largest absolute Gasteiger partial charge is 0.392 e. The van der Waals surface area contributed by atoms with Crippen molar-refractivity contribution in [2.75, 3.05) is 5.32 Å². The standard InChI is InChI=1S/C29H27F3N4O4/c1-29(2,3)16-5-14-11-33-36(28(40)25(14)22(32)7-16)24-9-17(30)8-18(20(24)13-37)15-6-23(27(39)35(4)12-15)34-26(38)19-10-21(19)31/h5-9,11-12,19,21,37H,10,13H2,1-4H3,(H,34,38)/t19-,21+/m0/s1. The summed E-state index contributed by atoms with van der Waals surface area (Å²) in [6.45, 7) is 5.05. The first kappa shape index (κ1) is 27.3. The van der Waals surface area contributed by atoms with Crippen molar-refractivity contribution in [1.29, 1.82) is 0 Å². The summed E-state index contributed by atoms with van der Waals surface area (Å²) in [7, 11) is 1.42. The smallest absolute Gasteiger partial charge is 0.282 e. The predicted molar refractivity (Wildman–Crippen MR) is 144 cm³/mol. The Balaban J connectivity index is 1.67. The summed E-state index contributed by atoms with van der Waals surface area (Å²) in [6.07, 6.45) is 1.47. The number of nitrogens with zero attached hydrogens (tertiary/aromatic N) is 3. The van der Waals surface area contributed by atoms with E-state index in [-0.39, 0.29) is 50.7 Å². The molecule has 0 unspecified atom stereocenters. The van der Waals surface area contributed by atoms with Gasteiger partial charge in [0.15, 0.2) is 0 Å². The van der Waals surface area contributed by atoms with Crippen LogP contribution in [0.1, 0.15) is 38.3 Å². The van der Waals surface area contributed by atoms with Crippen molar-refractivity contribution < 1.29 is 23.1 Å². The van der Waals surface area contributed by atoms with Crippen molar-refractivity contribution in [3.05, 3.63) is 86.2 Å². The van der Waals surface area contributed by atoms with Crippen LogP contribution >= 0.6 is 0 Å². The van der Waals surface area contributed by atoms with Crippen LogP contribution in [0.4, 0.5) is 18.9 Å². The van der Waals surface area contributed by atoms with Gasteiger partial charge in [-0.2, -0.15) is 9.78 Å². The summed E-state index contributed by atoms with van der Waals surface area (Å²) in [5.74, 6) is -3.03. The number of anilines is 1. The van der Waals surface area contributed by atoms with Crippen LogP contribution in [0.25, 0.3) is 27.6 Å². The number of carbonyl (C=O) groups is 1. The fourth-order valence-electron chi connectivity index (χ4n) is 4.68. The summed E-state index contributed by atoms with van der Waals surface area (Å²) >= 11 is 0. The molecule has 11 heteroatoms. The number of hydrogen-bond donors (Lipinski definition) is 2.